The Hall–Kier alpha value is -2.24. The highest BCUT2D eigenvalue weighted by Gasteiger charge is 2.60. The number of alkyl carbamates (subject to hydrolysis) is 1. The quantitative estimate of drug-likeness (QED) is 0.671. The van der Waals surface area contributed by atoms with Crippen LogP contribution in [0.3, 0.4) is 0 Å². The lowest BCUT2D eigenvalue weighted by atomic mass is 9.51. The first-order valence-electron chi connectivity index (χ1n) is 11.7. The van der Waals surface area contributed by atoms with Crippen molar-refractivity contribution in [2.45, 2.75) is 96.1 Å². The Labute approximate surface area is 185 Å². The Kier molecular flexibility index (Phi) is 5.93. The van der Waals surface area contributed by atoms with E-state index in [1.165, 1.54) is 6.42 Å². The molecule has 4 bridgehead atoms. The van der Waals surface area contributed by atoms with Gasteiger partial charge in [0.1, 0.15) is 12.2 Å². The molecule has 0 aromatic heterocycles. The summed E-state index contributed by atoms with van der Waals surface area (Å²) in [6.45, 7) is 8.34. The second-order valence-electron chi connectivity index (χ2n) is 10.6. The fourth-order valence-corrected chi connectivity index (χ4v) is 6.68. The van der Waals surface area contributed by atoms with Crippen molar-refractivity contribution in [2.24, 2.45) is 11.8 Å². The second-order valence-corrected chi connectivity index (χ2v) is 10.6. The van der Waals surface area contributed by atoms with Gasteiger partial charge in [0.2, 0.25) is 0 Å². The van der Waals surface area contributed by atoms with Crippen LogP contribution in [-0.2, 0) is 16.1 Å². The van der Waals surface area contributed by atoms with Crippen molar-refractivity contribution in [1.82, 2.24) is 10.2 Å². The molecule has 0 aliphatic heterocycles. The van der Waals surface area contributed by atoms with Crippen molar-refractivity contribution in [3.8, 4) is 0 Å². The normalized spacial score (nSPS) is 31.0. The SMILES string of the molecule is CC(C)N(C(=O)OC12C[C@@H]3C[C@@H](CC(NC(=O)OCc4ccccc4)(C3)C1)C2)C(C)C. The second kappa shape index (κ2) is 8.36. The topological polar surface area (TPSA) is 67.9 Å². The van der Waals surface area contributed by atoms with Crippen molar-refractivity contribution in [1.29, 1.82) is 0 Å². The molecule has 0 saturated heterocycles. The minimum atomic E-state index is -0.476. The van der Waals surface area contributed by atoms with Crippen molar-refractivity contribution in [2.75, 3.05) is 0 Å². The molecule has 2 amide bonds. The van der Waals surface area contributed by atoms with Crippen LogP contribution in [0.4, 0.5) is 9.59 Å². The summed E-state index contributed by atoms with van der Waals surface area (Å²) in [5.41, 5.74) is 0.158. The molecule has 1 aromatic rings. The van der Waals surface area contributed by atoms with Gasteiger partial charge >= 0.3 is 12.2 Å². The predicted molar refractivity (Wildman–Crippen MR) is 118 cm³/mol. The van der Waals surface area contributed by atoms with E-state index in [4.69, 9.17) is 9.47 Å². The fourth-order valence-electron chi connectivity index (χ4n) is 6.68. The molecule has 5 rings (SSSR count). The van der Waals surface area contributed by atoms with Gasteiger partial charge in [0, 0.05) is 24.0 Å². The Balaban J connectivity index is 1.44. The summed E-state index contributed by atoms with van der Waals surface area (Å²) in [5.74, 6) is 0.963. The van der Waals surface area contributed by atoms with Crippen LogP contribution in [0.5, 0.6) is 0 Å². The summed E-state index contributed by atoms with van der Waals surface area (Å²) < 4.78 is 11.8. The van der Waals surface area contributed by atoms with Gasteiger partial charge in [-0.15, -0.1) is 0 Å². The number of amides is 2. The van der Waals surface area contributed by atoms with Crippen molar-refractivity contribution in [3.63, 3.8) is 0 Å². The lowest BCUT2D eigenvalue weighted by molar-refractivity contribution is -0.149. The zero-order valence-electron chi connectivity index (χ0n) is 19.2. The number of hydrogen-bond acceptors (Lipinski definition) is 4. The molecule has 0 heterocycles. The highest BCUT2D eigenvalue weighted by Crippen LogP contribution is 2.59. The van der Waals surface area contributed by atoms with E-state index in [0.29, 0.717) is 18.3 Å². The zero-order valence-corrected chi connectivity index (χ0v) is 19.2. The van der Waals surface area contributed by atoms with Gasteiger partial charge in [-0.2, -0.15) is 0 Å². The van der Waals surface area contributed by atoms with E-state index in [9.17, 15) is 9.59 Å². The Bertz CT molecular complexity index is 785. The monoisotopic (exact) mass is 428 g/mol. The predicted octanol–water partition coefficient (Wildman–Crippen LogP) is 5.26. The highest BCUT2D eigenvalue weighted by atomic mass is 16.6. The molecule has 4 aliphatic carbocycles. The first-order chi connectivity index (χ1) is 14.7. The zero-order chi connectivity index (χ0) is 22.2. The number of hydrogen-bond donors (Lipinski definition) is 1. The molecule has 0 radical (unpaired) electrons. The third kappa shape index (κ3) is 4.68. The number of carbonyl (C=O) groups excluding carboxylic acids is 2. The van der Waals surface area contributed by atoms with Crippen LogP contribution in [0.1, 0.15) is 71.8 Å². The Morgan fingerprint density at radius 3 is 2.23 bits per heavy atom. The third-order valence-corrected chi connectivity index (χ3v) is 7.21. The van der Waals surface area contributed by atoms with Crippen LogP contribution < -0.4 is 5.32 Å². The first kappa shape index (κ1) is 22.0. The van der Waals surface area contributed by atoms with Crippen molar-refractivity contribution >= 4 is 12.2 Å². The maximum Gasteiger partial charge on any atom is 0.410 e. The van der Waals surface area contributed by atoms with E-state index < -0.39 is 5.60 Å². The average Bonchev–Trinajstić information content (AvgIpc) is 2.64. The molecular formula is C25H36N2O4. The largest absolute Gasteiger partial charge is 0.445 e. The minimum absolute atomic E-state index is 0.0847. The summed E-state index contributed by atoms with van der Waals surface area (Å²) in [5, 5.41) is 3.20. The molecular weight excluding hydrogens is 392 g/mol. The molecule has 0 spiro atoms. The smallest absolute Gasteiger partial charge is 0.410 e. The molecule has 170 valence electrons. The fraction of sp³-hybridized carbons (Fsp3) is 0.680. The summed E-state index contributed by atoms with van der Waals surface area (Å²) in [7, 11) is 0. The molecule has 4 fully saturated rings. The summed E-state index contributed by atoms with van der Waals surface area (Å²) in [6, 6.07) is 9.88. The highest BCUT2D eigenvalue weighted by molar-refractivity contribution is 5.70. The number of rotatable bonds is 6. The minimum Gasteiger partial charge on any atom is -0.445 e. The molecule has 31 heavy (non-hydrogen) atoms. The number of nitrogens with one attached hydrogen (secondary N) is 1. The van der Waals surface area contributed by atoms with Crippen LogP contribution in [0, 0.1) is 11.8 Å². The van der Waals surface area contributed by atoms with Gasteiger partial charge in [-0.25, -0.2) is 9.59 Å². The molecule has 1 N–H and O–H groups in total. The first-order valence-corrected chi connectivity index (χ1v) is 11.7. The van der Waals surface area contributed by atoms with E-state index in [-0.39, 0.29) is 36.4 Å². The van der Waals surface area contributed by atoms with Gasteiger partial charge in [0.05, 0.1) is 0 Å². The van der Waals surface area contributed by atoms with Crippen LogP contribution in [-0.4, -0.2) is 40.3 Å². The molecule has 4 saturated carbocycles. The lowest BCUT2D eigenvalue weighted by Gasteiger charge is -2.61. The molecule has 4 aliphatic rings. The number of carbonyl (C=O) groups is 2. The van der Waals surface area contributed by atoms with Gasteiger partial charge in [-0.3, -0.25) is 0 Å². The molecule has 4 atom stereocenters. The maximum atomic E-state index is 13.1. The third-order valence-electron chi connectivity index (χ3n) is 7.21. The van der Waals surface area contributed by atoms with Gasteiger partial charge in [-0.1, -0.05) is 30.3 Å². The number of nitrogens with zero attached hydrogens (tertiary/aromatic N) is 1. The number of ether oxygens (including phenoxy) is 2. The van der Waals surface area contributed by atoms with Crippen molar-refractivity contribution < 1.29 is 19.1 Å². The van der Waals surface area contributed by atoms with E-state index in [2.05, 4.69) is 5.32 Å². The van der Waals surface area contributed by atoms with Crippen molar-refractivity contribution in [3.05, 3.63) is 35.9 Å². The van der Waals surface area contributed by atoms with E-state index in [1.807, 2.05) is 62.9 Å². The standard InChI is InChI=1S/C25H36N2O4/c1-17(2)27(18(3)4)23(29)31-25-13-20-10-21(14-25)12-24(11-20,16-25)26-22(28)30-15-19-8-6-5-7-9-19/h5-9,17-18,20-21H,10-16H2,1-4H3,(H,26,28)/t20-,21+,24?,25?. The Morgan fingerprint density at radius 1 is 1.03 bits per heavy atom. The van der Waals surface area contributed by atoms with E-state index >= 15 is 0 Å². The van der Waals surface area contributed by atoms with E-state index in [1.54, 1.807) is 0 Å². The van der Waals surface area contributed by atoms with Crippen LogP contribution >= 0.6 is 0 Å². The van der Waals surface area contributed by atoms with Gasteiger partial charge in [-0.05, 0) is 77.2 Å². The molecule has 1 aromatic carbocycles. The molecule has 6 heteroatoms. The lowest BCUT2D eigenvalue weighted by Crippen LogP contribution is -2.67. The summed E-state index contributed by atoms with van der Waals surface area (Å²) >= 11 is 0. The van der Waals surface area contributed by atoms with E-state index in [0.717, 1.165) is 31.2 Å². The van der Waals surface area contributed by atoms with Crippen LogP contribution in [0.25, 0.3) is 0 Å². The van der Waals surface area contributed by atoms with Gasteiger partial charge in [0.25, 0.3) is 0 Å². The van der Waals surface area contributed by atoms with Crippen LogP contribution in [0.2, 0.25) is 0 Å². The number of benzene rings is 1. The van der Waals surface area contributed by atoms with Gasteiger partial charge in [0.15, 0.2) is 0 Å². The molecule has 2 unspecified atom stereocenters. The van der Waals surface area contributed by atoms with Gasteiger partial charge < -0.3 is 19.7 Å². The summed E-state index contributed by atoms with van der Waals surface area (Å²) in [6.07, 6.45) is 4.95. The average molecular weight is 429 g/mol. The Morgan fingerprint density at radius 2 is 1.65 bits per heavy atom. The summed E-state index contributed by atoms with van der Waals surface area (Å²) in [4.78, 5) is 27.6. The van der Waals surface area contributed by atoms with Crippen LogP contribution in [0.15, 0.2) is 30.3 Å². The molecule has 6 nitrogen and oxygen atoms in total. The maximum absolute atomic E-state index is 13.1.